The highest BCUT2D eigenvalue weighted by Gasteiger charge is 2.53. The van der Waals surface area contributed by atoms with Gasteiger partial charge in [-0.3, -0.25) is 15.2 Å². The molecule has 3 heterocycles. The topological polar surface area (TPSA) is 103 Å². The van der Waals surface area contributed by atoms with Crippen LogP contribution in [0.15, 0.2) is 72.1 Å². The Hall–Kier alpha value is -3.06. The lowest BCUT2D eigenvalue weighted by molar-refractivity contribution is -0.0491. The van der Waals surface area contributed by atoms with Crippen LogP contribution >= 0.6 is 0 Å². The van der Waals surface area contributed by atoms with Gasteiger partial charge in [0.05, 0.1) is 18.2 Å². The number of halogens is 3. The number of rotatable bonds is 6. The first-order valence-electron chi connectivity index (χ1n) is 10.7. The molecule has 0 aliphatic carbocycles. The minimum atomic E-state index is -5.59. The van der Waals surface area contributed by atoms with Gasteiger partial charge in [0.2, 0.25) is 0 Å². The third kappa shape index (κ3) is 5.30. The summed E-state index contributed by atoms with van der Waals surface area (Å²) in [6.45, 7) is 0.0526. The number of nitrogens with zero attached hydrogens (tertiary/aromatic N) is 3. The van der Waals surface area contributed by atoms with E-state index in [0.717, 1.165) is 5.57 Å². The van der Waals surface area contributed by atoms with E-state index in [1.54, 1.807) is 41.5 Å². The summed E-state index contributed by atoms with van der Waals surface area (Å²) in [5.74, 6) is -0.330. The summed E-state index contributed by atoms with van der Waals surface area (Å²) in [6.07, 6.45) is 6.71. The molecule has 1 amide bonds. The maximum absolute atomic E-state index is 13.4. The Morgan fingerprint density at radius 2 is 1.91 bits per heavy atom. The first-order chi connectivity index (χ1) is 16.6. The van der Waals surface area contributed by atoms with E-state index in [4.69, 9.17) is 0 Å². The summed E-state index contributed by atoms with van der Waals surface area (Å²) in [5.41, 5.74) is -0.134. The number of benzene rings is 1. The van der Waals surface area contributed by atoms with Crippen molar-refractivity contribution in [3.8, 4) is 0 Å². The van der Waals surface area contributed by atoms with Crippen LogP contribution in [0, 0.1) is 0 Å². The van der Waals surface area contributed by atoms with E-state index in [2.05, 4.69) is 10.4 Å². The molecule has 0 unspecified atom stereocenters. The van der Waals surface area contributed by atoms with Gasteiger partial charge in [0.25, 0.3) is 5.91 Å². The highest BCUT2D eigenvalue weighted by molar-refractivity contribution is 7.90. The first-order valence-corrected chi connectivity index (χ1v) is 12.2. The Morgan fingerprint density at radius 3 is 2.49 bits per heavy atom. The van der Waals surface area contributed by atoms with E-state index in [0.29, 0.717) is 46.1 Å². The quantitative estimate of drug-likeness (QED) is 0.622. The van der Waals surface area contributed by atoms with Crippen molar-refractivity contribution in [1.82, 2.24) is 19.7 Å². The van der Waals surface area contributed by atoms with Gasteiger partial charge < -0.3 is 5.11 Å². The van der Waals surface area contributed by atoms with E-state index >= 15 is 0 Å². The molecule has 0 saturated carbocycles. The molecular weight excluding hydrogens is 485 g/mol. The van der Waals surface area contributed by atoms with Crippen LogP contribution in [0.1, 0.15) is 33.9 Å². The van der Waals surface area contributed by atoms with Gasteiger partial charge in [-0.2, -0.15) is 17.5 Å². The van der Waals surface area contributed by atoms with Crippen LogP contribution in [0.5, 0.6) is 0 Å². The second kappa shape index (κ2) is 9.90. The lowest BCUT2D eigenvalue weighted by atomic mass is 9.99. The normalized spacial score (nSPS) is 19.8. The standard InChI is InChI=1S/C23H23F3N4O4S/c24-23(25,26)35(33,34)30-14-20(12-21(30)18-5-3-16(15-31)4-6-18)17-7-10-29(11-8-17)28-22(32)19-2-1-9-27-13-19/h1-7,9,12-13,21,31H,8,10-11,14-15H2,(H,28,32)/t21-/m0/s1. The molecular formula is C23H23F3N4O4S. The van der Waals surface area contributed by atoms with Gasteiger partial charge >= 0.3 is 15.5 Å². The number of hydrogen-bond acceptors (Lipinski definition) is 6. The van der Waals surface area contributed by atoms with Crippen molar-refractivity contribution in [2.24, 2.45) is 0 Å². The first kappa shape index (κ1) is 25.0. The number of pyridine rings is 1. The molecule has 2 N–H and O–H groups in total. The molecule has 0 bridgehead atoms. The van der Waals surface area contributed by atoms with E-state index in [-0.39, 0.29) is 12.5 Å². The van der Waals surface area contributed by atoms with Crippen LogP contribution in [0.4, 0.5) is 13.2 Å². The fourth-order valence-corrected chi connectivity index (χ4v) is 5.08. The highest BCUT2D eigenvalue weighted by Crippen LogP contribution is 2.41. The van der Waals surface area contributed by atoms with Crippen LogP contribution < -0.4 is 5.43 Å². The number of aromatic nitrogens is 1. The summed E-state index contributed by atoms with van der Waals surface area (Å²) in [4.78, 5) is 16.2. The fraction of sp³-hybridized carbons (Fsp3) is 0.304. The molecule has 0 radical (unpaired) electrons. The number of hydrogen-bond donors (Lipinski definition) is 2. The zero-order valence-electron chi connectivity index (χ0n) is 18.4. The third-order valence-electron chi connectivity index (χ3n) is 5.91. The van der Waals surface area contributed by atoms with E-state index in [1.807, 2.05) is 0 Å². The van der Waals surface area contributed by atoms with Gasteiger partial charge in [-0.15, -0.1) is 0 Å². The van der Waals surface area contributed by atoms with E-state index in [9.17, 15) is 31.5 Å². The number of carbonyl (C=O) groups excluding carboxylic acids is 1. The van der Waals surface area contributed by atoms with Crippen molar-refractivity contribution in [1.29, 1.82) is 0 Å². The molecule has 0 spiro atoms. The monoisotopic (exact) mass is 508 g/mol. The van der Waals surface area contributed by atoms with Gasteiger partial charge in [-0.05, 0) is 40.8 Å². The number of amides is 1. The molecule has 12 heteroatoms. The van der Waals surface area contributed by atoms with Crippen molar-refractivity contribution in [3.63, 3.8) is 0 Å². The van der Waals surface area contributed by atoms with Crippen LogP contribution in [-0.4, -0.2) is 58.9 Å². The highest BCUT2D eigenvalue weighted by atomic mass is 32.2. The molecule has 2 aromatic rings. The number of hydrazine groups is 1. The number of alkyl halides is 3. The Kier molecular flexibility index (Phi) is 7.08. The minimum absolute atomic E-state index is 0.239. The molecule has 1 atom stereocenters. The SMILES string of the molecule is O=C(NN1CC=C(C2=C[C@@H](c3ccc(CO)cc3)N(S(=O)(=O)C(F)(F)F)C2)CC1)c1cccnc1. The summed E-state index contributed by atoms with van der Waals surface area (Å²) in [5, 5.41) is 10.9. The van der Waals surface area contributed by atoms with Gasteiger partial charge in [-0.25, -0.2) is 13.4 Å². The van der Waals surface area contributed by atoms with Crippen molar-refractivity contribution in [3.05, 3.63) is 88.8 Å². The Bertz CT molecular complexity index is 1250. The molecule has 186 valence electrons. The fourth-order valence-electron chi connectivity index (χ4n) is 4.02. The van der Waals surface area contributed by atoms with E-state index < -0.39 is 28.1 Å². The van der Waals surface area contributed by atoms with Gasteiger partial charge in [-0.1, -0.05) is 36.4 Å². The van der Waals surface area contributed by atoms with Crippen molar-refractivity contribution in [2.75, 3.05) is 19.6 Å². The molecule has 0 fully saturated rings. The number of carbonyl (C=O) groups is 1. The molecule has 8 nitrogen and oxygen atoms in total. The number of sulfonamides is 1. The Morgan fingerprint density at radius 1 is 1.17 bits per heavy atom. The number of aliphatic hydroxyl groups is 1. The molecule has 2 aliphatic rings. The Labute approximate surface area is 200 Å². The average molecular weight is 509 g/mol. The van der Waals surface area contributed by atoms with Crippen molar-refractivity contribution >= 4 is 15.9 Å². The lowest BCUT2D eigenvalue weighted by Crippen LogP contribution is -2.44. The maximum atomic E-state index is 13.4. The summed E-state index contributed by atoms with van der Waals surface area (Å²) < 4.78 is 65.4. The molecule has 1 aromatic heterocycles. The Balaban J connectivity index is 1.54. The van der Waals surface area contributed by atoms with Crippen LogP contribution in [0.3, 0.4) is 0 Å². The van der Waals surface area contributed by atoms with Crippen molar-refractivity contribution < 1.29 is 31.5 Å². The average Bonchev–Trinajstić information content (AvgIpc) is 3.31. The molecule has 2 aliphatic heterocycles. The van der Waals surface area contributed by atoms with Gasteiger partial charge in [0, 0.05) is 32.0 Å². The molecule has 1 aromatic carbocycles. The smallest absolute Gasteiger partial charge is 0.392 e. The minimum Gasteiger partial charge on any atom is -0.392 e. The molecule has 4 rings (SSSR count). The van der Waals surface area contributed by atoms with Gasteiger partial charge in [0.15, 0.2) is 0 Å². The maximum Gasteiger partial charge on any atom is 0.511 e. The van der Waals surface area contributed by atoms with Crippen molar-refractivity contribution in [2.45, 2.75) is 24.6 Å². The van der Waals surface area contributed by atoms with Crippen LogP contribution in [0.25, 0.3) is 0 Å². The zero-order valence-corrected chi connectivity index (χ0v) is 19.3. The van der Waals surface area contributed by atoms with Crippen LogP contribution in [0.2, 0.25) is 0 Å². The van der Waals surface area contributed by atoms with Gasteiger partial charge in [0.1, 0.15) is 0 Å². The third-order valence-corrected chi connectivity index (χ3v) is 7.46. The summed E-state index contributed by atoms with van der Waals surface area (Å²) in [7, 11) is -5.59. The second-order valence-corrected chi connectivity index (χ2v) is 10.0. The second-order valence-electron chi connectivity index (χ2n) is 8.14. The van der Waals surface area contributed by atoms with E-state index in [1.165, 1.54) is 24.4 Å². The lowest BCUT2D eigenvalue weighted by Gasteiger charge is -2.28. The molecule has 35 heavy (non-hydrogen) atoms. The summed E-state index contributed by atoms with van der Waals surface area (Å²) >= 11 is 0. The number of aliphatic hydroxyl groups excluding tert-OH is 1. The predicted octanol–water partition coefficient (Wildman–Crippen LogP) is 2.68. The van der Waals surface area contributed by atoms with Crippen LogP contribution in [-0.2, 0) is 16.6 Å². The predicted molar refractivity (Wildman–Crippen MR) is 121 cm³/mol. The summed E-state index contributed by atoms with van der Waals surface area (Å²) in [6, 6.07) is 8.25. The number of nitrogens with one attached hydrogen (secondary N) is 1. The largest absolute Gasteiger partial charge is 0.511 e. The zero-order chi connectivity index (χ0) is 25.2. The molecule has 0 saturated heterocycles.